The van der Waals surface area contributed by atoms with Crippen molar-refractivity contribution < 1.29 is 4.79 Å². The molecule has 0 radical (unpaired) electrons. The minimum absolute atomic E-state index is 0.149. The summed E-state index contributed by atoms with van der Waals surface area (Å²) in [6, 6.07) is 9.30. The average Bonchev–Trinajstić information content (AvgIpc) is 2.88. The van der Waals surface area contributed by atoms with Crippen molar-refractivity contribution in [3.05, 3.63) is 64.6 Å². The summed E-state index contributed by atoms with van der Waals surface area (Å²) in [5.41, 5.74) is 3.42. The molecule has 0 spiro atoms. The van der Waals surface area contributed by atoms with E-state index in [2.05, 4.69) is 15.3 Å². The van der Waals surface area contributed by atoms with Gasteiger partial charge in [0.05, 0.1) is 0 Å². The minimum atomic E-state index is -0.149. The Kier molecular flexibility index (Phi) is 3.62. The highest BCUT2D eigenvalue weighted by atomic mass is 35.5. The molecule has 4 nitrogen and oxygen atoms in total. The first-order valence-electron chi connectivity index (χ1n) is 6.59. The van der Waals surface area contributed by atoms with Crippen molar-refractivity contribution in [2.24, 2.45) is 0 Å². The first-order valence-corrected chi connectivity index (χ1v) is 6.96. The van der Waals surface area contributed by atoms with Crippen LogP contribution in [0.3, 0.4) is 0 Å². The van der Waals surface area contributed by atoms with E-state index in [1.54, 1.807) is 24.5 Å². The van der Waals surface area contributed by atoms with Gasteiger partial charge < -0.3 is 10.3 Å². The number of nitrogens with one attached hydrogen (secondary N) is 2. The zero-order chi connectivity index (χ0) is 14.8. The maximum absolute atomic E-state index is 12.2. The normalized spacial score (nSPS) is 10.8. The number of carbonyl (C=O) groups is 1. The molecule has 0 saturated heterocycles. The SMILES string of the molecule is Cc1cncc(CNC(=O)c2cc3ccc(Cl)cc3[nH]2)c1. The largest absolute Gasteiger partial charge is 0.350 e. The minimum Gasteiger partial charge on any atom is -0.350 e. The van der Waals surface area contributed by atoms with E-state index < -0.39 is 0 Å². The second-order valence-electron chi connectivity index (χ2n) is 4.97. The van der Waals surface area contributed by atoms with Crippen LogP contribution in [0.1, 0.15) is 21.6 Å². The molecule has 3 rings (SSSR count). The molecule has 106 valence electrons. The Morgan fingerprint density at radius 1 is 1.29 bits per heavy atom. The van der Waals surface area contributed by atoms with Gasteiger partial charge in [0.15, 0.2) is 0 Å². The molecule has 0 aliphatic carbocycles. The van der Waals surface area contributed by atoms with Gasteiger partial charge in [0, 0.05) is 34.9 Å². The van der Waals surface area contributed by atoms with Crippen molar-refractivity contribution in [2.45, 2.75) is 13.5 Å². The number of benzene rings is 1. The molecule has 0 unspecified atom stereocenters. The third-order valence-electron chi connectivity index (χ3n) is 3.21. The molecule has 2 aromatic heterocycles. The monoisotopic (exact) mass is 299 g/mol. The van der Waals surface area contributed by atoms with Gasteiger partial charge in [-0.15, -0.1) is 0 Å². The highest BCUT2D eigenvalue weighted by Crippen LogP contribution is 2.19. The van der Waals surface area contributed by atoms with Crippen molar-refractivity contribution in [1.82, 2.24) is 15.3 Å². The third kappa shape index (κ3) is 3.06. The summed E-state index contributed by atoms with van der Waals surface area (Å²) >= 11 is 5.94. The first kappa shape index (κ1) is 13.6. The zero-order valence-corrected chi connectivity index (χ0v) is 12.2. The lowest BCUT2D eigenvalue weighted by molar-refractivity contribution is 0.0946. The number of halogens is 1. The molecular formula is C16H14ClN3O. The summed E-state index contributed by atoms with van der Waals surface area (Å²) in [4.78, 5) is 19.3. The molecule has 0 fully saturated rings. The van der Waals surface area contributed by atoms with Crippen LogP contribution < -0.4 is 5.32 Å². The molecular weight excluding hydrogens is 286 g/mol. The van der Waals surface area contributed by atoms with Crippen LogP contribution in [0.2, 0.25) is 5.02 Å². The van der Waals surface area contributed by atoms with Crippen LogP contribution in [0.15, 0.2) is 42.7 Å². The number of aromatic nitrogens is 2. The first-order chi connectivity index (χ1) is 10.1. The summed E-state index contributed by atoms with van der Waals surface area (Å²) in [5, 5.41) is 4.48. The molecule has 0 saturated carbocycles. The second kappa shape index (κ2) is 5.58. The Morgan fingerprint density at radius 2 is 2.14 bits per heavy atom. The Labute approximate surface area is 127 Å². The number of aromatic amines is 1. The van der Waals surface area contributed by atoms with Crippen LogP contribution in [0.25, 0.3) is 10.9 Å². The second-order valence-corrected chi connectivity index (χ2v) is 5.40. The van der Waals surface area contributed by atoms with Crippen LogP contribution in [-0.2, 0) is 6.54 Å². The number of amides is 1. The standard InChI is InChI=1S/C16H14ClN3O/c1-10-4-11(8-18-7-10)9-19-16(21)15-5-12-2-3-13(17)6-14(12)20-15/h2-8,20H,9H2,1H3,(H,19,21). The van der Waals surface area contributed by atoms with Crippen molar-refractivity contribution >= 4 is 28.4 Å². The number of fused-ring (bicyclic) bond motifs is 1. The molecule has 0 bridgehead atoms. The predicted octanol–water partition coefficient (Wildman–Crippen LogP) is 3.45. The average molecular weight is 300 g/mol. The molecule has 0 aliphatic rings. The van der Waals surface area contributed by atoms with Crippen LogP contribution in [-0.4, -0.2) is 15.9 Å². The summed E-state index contributed by atoms with van der Waals surface area (Å²) < 4.78 is 0. The zero-order valence-electron chi connectivity index (χ0n) is 11.5. The molecule has 2 N–H and O–H groups in total. The fourth-order valence-corrected chi connectivity index (χ4v) is 2.39. The third-order valence-corrected chi connectivity index (χ3v) is 3.45. The number of H-pyrrole nitrogens is 1. The van der Waals surface area contributed by atoms with Crippen molar-refractivity contribution in [2.75, 3.05) is 0 Å². The van der Waals surface area contributed by atoms with Gasteiger partial charge in [-0.3, -0.25) is 9.78 Å². The van der Waals surface area contributed by atoms with Gasteiger partial charge in [0.25, 0.3) is 5.91 Å². The van der Waals surface area contributed by atoms with E-state index >= 15 is 0 Å². The topological polar surface area (TPSA) is 57.8 Å². The van der Waals surface area contributed by atoms with Crippen LogP contribution >= 0.6 is 11.6 Å². The fourth-order valence-electron chi connectivity index (χ4n) is 2.21. The van der Waals surface area contributed by atoms with E-state index in [0.29, 0.717) is 17.3 Å². The quantitative estimate of drug-likeness (QED) is 0.778. The van der Waals surface area contributed by atoms with Crippen LogP contribution in [0.5, 0.6) is 0 Å². The number of pyridine rings is 1. The van der Waals surface area contributed by atoms with Gasteiger partial charge in [-0.05, 0) is 36.2 Å². The molecule has 0 aliphatic heterocycles. The molecule has 1 aromatic carbocycles. The molecule has 2 heterocycles. The Hall–Kier alpha value is -2.33. The van der Waals surface area contributed by atoms with E-state index in [-0.39, 0.29) is 5.91 Å². The lowest BCUT2D eigenvalue weighted by Crippen LogP contribution is -2.23. The Balaban J connectivity index is 1.74. The summed E-state index contributed by atoms with van der Waals surface area (Å²) in [6.07, 6.45) is 3.53. The lowest BCUT2D eigenvalue weighted by Gasteiger charge is -2.04. The van der Waals surface area contributed by atoms with Gasteiger partial charge in [0.1, 0.15) is 5.69 Å². The van der Waals surface area contributed by atoms with E-state index in [0.717, 1.165) is 22.0 Å². The summed E-state index contributed by atoms with van der Waals surface area (Å²) in [5.74, 6) is -0.149. The summed E-state index contributed by atoms with van der Waals surface area (Å²) in [6.45, 7) is 2.42. The van der Waals surface area contributed by atoms with E-state index in [9.17, 15) is 4.79 Å². The van der Waals surface area contributed by atoms with Crippen molar-refractivity contribution in [3.8, 4) is 0 Å². The van der Waals surface area contributed by atoms with Gasteiger partial charge in [-0.2, -0.15) is 0 Å². The van der Waals surface area contributed by atoms with Crippen LogP contribution in [0.4, 0.5) is 0 Å². The summed E-state index contributed by atoms with van der Waals surface area (Å²) in [7, 11) is 0. The molecule has 0 atom stereocenters. The van der Waals surface area contributed by atoms with Crippen molar-refractivity contribution in [3.63, 3.8) is 0 Å². The van der Waals surface area contributed by atoms with Gasteiger partial charge in [0.2, 0.25) is 0 Å². The van der Waals surface area contributed by atoms with Gasteiger partial charge in [-0.25, -0.2) is 0 Å². The molecule has 5 heteroatoms. The number of nitrogens with zero attached hydrogens (tertiary/aromatic N) is 1. The van der Waals surface area contributed by atoms with Crippen LogP contribution in [0, 0.1) is 6.92 Å². The maximum Gasteiger partial charge on any atom is 0.267 e. The van der Waals surface area contributed by atoms with Gasteiger partial charge in [-0.1, -0.05) is 23.7 Å². The molecule has 3 aromatic rings. The Morgan fingerprint density at radius 3 is 2.95 bits per heavy atom. The number of carbonyl (C=O) groups excluding carboxylic acids is 1. The van der Waals surface area contributed by atoms with Gasteiger partial charge >= 0.3 is 0 Å². The maximum atomic E-state index is 12.2. The smallest absolute Gasteiger partial charge is 0.267 e. The number of rotatable bonds is 3. The highest BCUT2D eigenvalue weighted by molar-refractivity contribution is 6.31. The molecule has 1 amide bonds. The number of aryl methyl sites for hydroxylation is 1. The Bertz CT molecular complexity index is 810. The number of hydrogen-bond donors (Lipinski definition) is 2. The molecule has 21 heavy (non-hydrogen) atoms. The lowest BCUT2D eigenvalue weighted by atomic mass is 10.2. The number of hydrogen-bond acceptors (Lipinski definition) is 2. The fraction of sp³-hybridized carbons (Fsp3) is 0.125. The highest BCUT2D eigenvalue weighted by Gasteiger charge is 2.09. The van der Waals surface area contributed by atoms with E-state index in [1.165, 1.54) is 0 Å². The van der Waals surface area contributed by atoms with Crippen molar-refractivity contribution in [1.29, 1.82) is 0 Å². The van der Waals surface area contributed by atoms with E-state index in [1.807, 2.05) is 25.1 Å². The van der Waals surface area contributed by atoms with E-state index in [4.69, 9.17) is 11.6 Å². The predicted molar refractivity (Wildman–Crippen MR) is 83.5 cm³/mol.